The van der Waals surface area contributed by atoms with Crippen LogP contribution < -0.4 is 10.9 Å². The Morgan fingerprint density at radius 2 is 1.86 bits per heavy atom. The SMILES string of the molecule is CC(=O)c1cccc(NC(=O)CSc2nnc(Cc3ccccc3)c(=O)[nH]2)c1. The van der Waals surface area contributed by atoms with Gasteiger partial charge in [-0.25, -0.2) is 0 Å². The summed E-state index contributed by atoms with van der Waals surface area (Å²) in [6.07, 6.45) is 0.390. The van der Waals surface area contributed by atoms with Crippen LogP contribution >= 0.6 is 11.8 Å². The van der Waals surface area contributed by atoms with Crippen LogP contribution in [0.15, 0.2) is 64.5 Å². The molecule has 3 rings (SSSR count). The number of benzene rings is 2. The number of H-pyrrole nitrogens is 1. The number of ketones is 1. The number of rotatable bonds is 7. The van der Waals surface area contributed by atoms with Gasteiger partial charge in [0.05, 0.1) is 5.75 Å². The van der Waals surface area contributed by atoms with Crippen molar-refractivity contribution in [2.45, 2.75) is 18.5 Å². The first-order valence-corrected chi connectivity index (χ1v) is 9.53. The Morgan fingerprint density at radius 3 is 2.57 bits per heavy atom. The molecule has 7 nitrogen and oxygen atoms in total. The van der Waals surface area contributed by atoms with Gasteiger partial charge < -0.3 is 5.32 Å². The minimum atomic E-state index is -0.323. The molecule has 0 saturated heterocycles. The number of hydrogen-bond donors (Lipinski definition) is 2. The van der Waals surface area contributed by atoms with Crippen LogP contribution in [-0.4, -0.2) is 32.6 Å². The van der Waals surface area contributed by atoms with E-state index in [1.165, 1.54) is 6.92 Å². The largest absolute Gasteiger partial charge is 0.325 e. The van der Waals surface area contributed by atoms with Crippen molar-refractivity contribution >= 4 is 29.1 Å². The molecule has 28 heavy (non-hydrogen) atoms. The maximum atomic E-state index is 12.2. The number of aromatic amines is 1. The molecular formula is C20H18N4O3S. The molecule has 0 radical (unpaired) electrons. The van der Waals surface area contributed by atoms with E-state index in [-0.39, 0.29) is 28.2 Å². The van der Waals surface area contributed by atoms with Gasteiger partial charge in [0.2, 0.25) is 5.91 Å². The summed E-state index contributed by atoms with van der Waals surface area (Å²) in [5.74, 6) is -0.303. The molecule has 1 aromatic heterocycles. The maximum absolute atomic E-state index is 12.2. The zero-order valence-electron chi connectivity index (χ0n) is 15.1. The minimum Gasteiger partial charge on any atom is -0.325 e. The average Bonchev–Trinajstić information content (AvgIpc) is 2.69. The minimum absolute atomic E-state index is 0.0486. The van der Waals surface area contributed by atoms with Crippen LogP contribution in [0.5, 0.6) is 0 Å². The summed E-state index contributed by atoms with van der Waals surface area (Å²) in [6, 6.07) is 16.2. The molecule has 8 heteroatoms. The van der Waals surface area contributed by atoms with Gasteiger partial charge in [0.1, 0.15) is 5.69 Å². The number of amides is 1. The molecule has 0 saturated carbocycles. The number of nitrogens with one attached hydrogen (secondary N) is 2. The summed E-state index contributed by atoms with van der Waals surface area (Å²) >= 11 is 1.08. The lowest BCUT2D eigenvalue weighted by atomic mass is 10.1. The Kier molecular flexibility index (Phi) is 6.33. The van der Waals surface area contributed by atoms with Crippen LogP contribution in [0, 0.1) is 0 Å². The van der Waals surface area contributed by atoms with Gasteiger partial charge in [-0.15, -0.1) is 10.2 Å². The summed E-state index contributed by atoms with van der Waals surface area (Å²) in [5.41, 5.74) is 2.03. The molecule has 2 aromatic carbocycles. The van der Waals surface area contributed by atoms with E-state index in [1.807, 2.05) is 30.3 Å². The van der Waals surface area contributed by atoms with Crippen molar-refractivity contribution in [2.75, 3.05) is 11.1 Å². The zero-order valence-corrected chi connectivity index (χ0v) is 16.0. The molecule has 0 aliphatic carbocycles. The van der Waals surface area contributed by atoms with E-state index < -0.39 is 0 Å². The second-order valence-electron chi connectivity index (χ2n) is 6.04. The summed E-state index contributed by atoms with van der Waals surface area (Å²) in [5, 5.41) is 11.0. The van der Waals surface area contributed by atoms with Crippen molar-refractivity contribution in [3.05, 3.63) is 81.8 Å². The second kappa shape index (κ2) is 9.09. The fraction of sp³-hybridized carbons (Fsp3) is 0.150. The van der Waals surface area contributed by atoms with Crippen LogP contribution in [0.4, 0.5) is 5.69 Å². The molecular weight excluding hydrogens is 376 g/mol. The summed E-state index contributed by atoms with van der Waals surface area (Å²) < 4.78 is 0. The van der Waals surface area contributed by atoms with Gasteiger partial charge in [-0.3, -0.25) is 19.4 Å². The van der Waals surface area contributed by atoms with Crippen molar-refractivity contribution in [1.82, 2.24) is 15.2 Å². The Balaban J connectivity index is 1.58. The van der Waals surface area contributed by atoms with Crippen molar-refractivity contribution < 1.29 is 9.59 Å². The molecule has 142 valence electrons. The first-order valence-electron chi connectivity index (χ1n) is 8.55. The molecule has 1 heterocycles. The van der Waals surface area contributed by atoms with Crippen molar-refractivity contribution in [1.29, 1.82) is 0 Å². The average molecular weight is 394 g/mol. The van der Waals surface area contributed by atoms with Crippen LogP contribution in [-0.2, 0) is 11.2 Å². The van der Waals surface area contributed by atoms with E-state index in [1.54, 1.807) is 24.3 Å². The number of carbonyl (C=O) groups is 2. The molecule has 1 amide bonds. The highest BCUT2D eigenvalue weighted by atomic mass is 32.2. The summed E-state index contributed by atoms with van der Waals surface area (Å²) in [4.78, 5) is 38.3. The van der Waals surface area contributed by atoms with E-state index in [4.69, 9.17) is 0 Å². The zero-order chi connectivity index (χ0) is 19.9. The molecule has 0 fully saturated rings. The standard InChI is InChI=1S/C20H18N4O3S/c1-13(25)15-8-5-9-16(11-15)21-18(26)12-28-20-22-19(27)17(23-24-20)10-14-6-3-2-4-7-14/h2-9,11H,10,12H2,1H3,(H,21,26)(H,22,24,27). The van der Waals surface area contributed by atoms with Crippen LogP contribution in [0.1, 0.15) is 28.5 Å². The molecule has 2 N–H and O–H groups in total. The normalized spacial score (nSPS) is 10.5. The first kappa shape index (κ1) is 19.5. The fourth-order valence-electron chi connectivity index (χ4n) is 2.46. The predicted octanol–water partition coefficient (Wildman–Crippen LogP) is 2.69. The van der Waals surface area contributed by atoms with E-state index in [2.05, 4.69) is 20.5 Å². The van der Waals surface area contributed by atoms with Crippen molar-refractivity contribution in [3.63, 3.8) is 0 Å². The van der Waals surface area contributed by atoms with Gasteiger partial charge in [-0.2, -0.15) is 0 Å². The van der Waals surface area contributed by atoms with E-state index >= 15 is 0 Å². The quantitative estimate of drug-likeness (QED) is 0.472. The van der Waals surface area contributed by atoms with Gasteiger partial charge in [-0.1, -0.05) is 54.2 Å². The number of thioether (sulfide) groups is 1. The van der Waals surface area contributed by atoms with Crippen LogP contribution in [0.25, 0.3) is 0 Å². The highest BCUT2D eigenvalue weighted by Crippen LogP contribution is 2.14. The molecule has 0 atom stereocenters. The topological polar surface area (TPSA) is 105 Å². The summed E-state index contributed by atoms with van der Waals surface area (Å²) in [7, 11) is 0. The number of anilines is 1. The Morgan fingerprint density at radius 1 is 1.07 bits per heavy atom. The van der Waals surface area contributed by atoms with E-state index in [0.29, 0.717) is 23.4 Å². The maximum Gasteiger partial charge on any atom is 0.273 e. The van der Waals surface area contributed by atoms with Gasteiger partial charge in [0.15, 0.2) is 10.9 Å². The Labute approximate surface area is 165 Å². The van der Waals surface area contributed by atoms with Crippen LogP contribution in [0.2, 0.25) is 0 Å². The molecule has 0 unspecified atom stereocenters. The third-order valence-electron chi connectivity index (χ3n) is 3.85. The van der Waals surface area contributed by atoms with Gasteiger partial charge in [0.25, 0.3) is 5.56 Å². The van der Waals surface area contributed by atoms with Crippen molar-refractivity contribution in [2.24, 2.45) is 0 Å². The van der Waals surface area contributed by atoms with E-state index in [0.717, 1.165) is 17.3 Å². The third kappa shape index (κ3) is 5.37. The molecule has 0 aliphatic heterocycles. The number of carbonyl (C=O) groups excluding carboxylic acids is 2. The lowest BCUT2D eigenvalue weighted by Gasteiger charge is -2.06. The molecule has 0 bridgehead atoms. The van der Waals surface area contributed by atoms with E-state index in [9.17, 15) is 14.4 Å². The number of nitrogens with zero attached hydrogens (tertiary/aromatic N) is 2. The lowest BCUT2D eigenvalue weighted by molar-refractivity contribution is -0.113. The number of Topliss-reactive ketones (excluding diaryl/α,β-unsaturated/α-hetero) is 1. The van der Waals surface area contributed by atoms with Gasteiger partial charge >= 0.3 is 0 Å². The van der Waals surface area contributed by atoms with Gasteiger partial charge in [-0.05, 0) is 24.6 Å². The highest BCUT2D eigenvalue weighted by molar-refractivity contribution is 7.99. The number of aromatic nitrogens is 3. The highest BCUT2D eigenvalue weighted by Gasteiger charge is 2.10. The smallest absolute Gasteiger partial charge is 0.273 e. The Bertz CT molecular complexity index is 1050. The first-order chi connectivity index (χ1) is 13.5. The van der Waals surface area contributed by atoms with Gasteiger partial charge in [0, 0.05) is 17.7 Å². The second-order valence-corrected chi connectivity index (χ2v) is 7.01. The monoisotopic (exact) mass is 394 g/mol. The van der Waals surface area contributed by atoms with Crippen LogP contribution in [0.3, 0.4) is 0 Å². The predicted molar refractivity (Wildman–Crippen MR) is 108 cm³/mol. The molecule has 0 aliphatic rings. The number of hydrogen-bond acceptors (Lipinski definition) is 6. The molecule has 0 spiro atoms. The molecule has 3 aromatic rings. The lowest BCUT2D eigenvalue weighted by Crippen LogP contribution is -2.19. The fourth-order valence-corrected chi connectivity index (χ4v) is 3.07. The third-order valence-corrected chi connectivity index (χ3v) is 4.72. The summed E-state index contributed by atoms with van der Waals surface area (Å²) in [6.45, 7) is 1.47. The van der Waals surface area contributed by atoms with Crippen molar-refractivity contribution in [3.8, 4) is 0 Å². The Hall–Kier alpha value is -3.26.